The Labute approximate surface area is 143 Å². The number of hydrogen-bond donors (Lipinski definition) is 0. The smallest absolute Gasteiger partial charge is 0.187 e. The summed E-state index contributed by atoms with van der Waals surface area (Å²) in [5, 5.41) is 0.255. The Morgan fingerprint density at radius 3 is 1.46 bits per heavy atom. The molecule has 0 bridgehead atoms. The molecule has 0 aliphatic rings. The Kier molecular flexibility index (Phi) is 8.41. The third-order valence-corrected chi connectivity index (χ3v) is 3.80. The van der Waals surface area contributed by atoms with Crippen molar-refractivity contribution in [3.8, 4) is 0 Å². The van der Waals surface area contributed by atoms with Crippen LogP contribution in [0.2, 0.25) is 0 Å². The van der Waals surface area contributed by atoms with Crippen LogP contribution < -0.4 is 0 Å². The molecule has 4 nitrogen and oxygen atoms in total. The Morgan fingerprint density at radius 2 is 1.04 bits per heavy atom. The molecular weight excluding hydrogens is 302 g/mol. The van der Waals surface area contributed by atoms with E-state index in [9.17, 15) is 4.91 Å². The zero-order valence-corrected chi connectivity index (χ0v) is 14.1. The first-order chi connectivity index (χ1) is 11.8. The van der Waals surface area contributed by atoms with Gasteiger partial charge in [-0.25, -0.2) is 0 Å². The van der Waals surface area contributed by atoms with Gasteiger partial charge in [0.1, 0.15) is 4.91 Å². The molecule has 0 radical (unpaired) electrons. The van der Waals surface area contributed by atoms with Crippen molar-refractivity contribution in [1.29, 1.82) is 0 Å². The first kappa shape index (κ1) is 18.0. The van der Waals surface area contributed by atoms with Gasteiger partial charge in [0.2, 0.25) is 0 Å². The van der Waals surface area contributed by atoms with Gasteiger partial charge in [0.05, 0.1) is 0 Å². The Bertz CT molecular complexity index is 520. The van der Waals surface area contributed by atoms with Crippen LogP contribution in [-0.2, 0) is 22.5 Å². The Morgan fingerprint density at radius 1 is 0.625 bits per heavy atom. The van der Waals surface area contributed by atoms with Crippen molar-refractivity contribution in [3.63, 3.8) is 0 Å². The first-order valence-electron chi connectivity index (χ1n) is 8.65. The van der Waals surface area contributed by atoms with Gasteiger partial charge < -0.3 is 0 Å². The second-order valence-electron chi connectivity index (χ2n) is 5.78. The van der Waals surface area contributed by atoms with E-state index in [1.54, 1.807) is 0 Å². The van der Waals surface area contributed by atoms with Gasteiger partial charge in [-0.1, -0.05) is 60.7 Å². The van der Waals surface area contributed by atoms with Crippen LogP contribution in [0.1, 0.15) is 36.8 Å². The summed E-state index contributed by atoms with van der Waals surface area (Å²) < 4.78 is 0. The summed E-state index contributed by atoms with van der Waals surface area (Å²) in [5.74, 6) is 0. The average Bonchev–Trinajstić information content (AvgIpc) is 2.63. The highest BCUT2D eigenvalue weighted by atomic mass is 17.0. The summed E-state index contributed by atoms with van der Waals surface area (Å²) in [4.78, 5) is 21.4. The van der Waals surface area contributed by atoms with E-state index >= 15 is 0 Å². The van der Waals surface area contributed by atoms with E-state index in [0.29, 0.717) is 13.2 Å². The third-order valence-electron chi connectivity index (χ3n) is 3.80. The fraction of sp³-hybridized carbons (Fsp3) is 0.400. The van der Waals surface area contributed by atoms with E-state index < -0.39 is 0 Å². The quantitative estimate of drug-likeness (QED) is 0.420. The largest absolute Gasteiger partial charge is 0.477 e. The minimum absolute atomic E-state index is 0.255. The molecule has 0 aliphatic carbocycles. The summed E-state index contributed by atoms with van der Waals surface area (Å²) in [7, 11) is 0. The molecule has 128 valence electrons. The zero-order chi connectivity index (χ0) is 16.9. The van der Waals surface area contributed by atoms with Crippen LogP contribution in [0, 0.1) is 4.91 Å². The number of unbranched alkanes of at least 4 members (excludes halogenated alkanes) is 2. The van der Waals surface area contributed by atoms with Crippen molar-refractivity contribution in [2.75, 3.05) is 13.2 Å². The van der Waals surface area contributed by atoms with E-state index in [1.165, 1.54) is 11.1 Å². The van der Waals surface area contributed by atoms with Crippen molar-refractivity contribution in [1.82, 2.24) is 0 Å². The van der Waals surface area contributed by atoms with Crippen LogP contribution >= 0.6 is 0 Å². The van der Waals surface area contributed by atoms with E-state index in [1.807, 2.05) is 36.4 Å². The van der Waals surface area contributed by atoms with Gasteiger partial charge >= 0.3 is 5.09 Å². The molecule has 0 atom stereocenters. The molecule has 4 heteroatoms. The maximum atomic E-state index is 11.4. The SMILES string of the molecule is O=[N+](OCCCCc1ccccc1)OCCCCc1ccccc1. The van der Waals surface area contributed by atoms with Crippen molar-refractivity contribution in [2.24, 2.45) is 0 Å². The van der Waals surface area contributed by atoms with Gasteiger partial charge in [0.25, 0.3) is 0 Å². The second-order valence-corrected chi connectivity index (χ2v) is 5.78. The normalized spacial score (nSPS) is 10.3. The molecule has 2 aromatic carbocycles. The highest BCUT2D eigenvalue weighted by Gasteiger charge is 2.11. The molecule has 0 unspecified atom stereocenters. The molecule has 0 saturated heterocycles. The topological polar surface area (TPSA) is 38.5 Å². The van der Waals surface area contributed by atoms with Gasteiger partial charge in [-0.3, -0.25) is 0 Å². The lowest BCUT2D eigenvalue weighted by atomic mass is 10.1. The van der Waals surface area contributed by atoms with Crippen LogP contribution in [0.4, 0.5) is 0 Å². The fourth-order valence-electron chi connectivity index (χ4n) is 2.47. The molecule has 0 amide bonds. The van der Waals surface area contributed by atoms with E-state index in [4.69, 9.17) is 9.68 Å². The number of aryl methyl sites for hydroxylation is 2. The number of nitrogens with zero attached hydrogens (tertiary/aromatic N) is 1. The molecule has 0 aromatic heterocycles. The lowest BCUT2D eigenvalue weighted by Crippen LogP contribution is -2.12. The Hall–Kier alpha value is -2.36. The summed E-state index contributed by atoms with van der Waals surface area (Å²) in [6, 6.07) is 20.6. The van der Waals surface area contributed by atoms with Gasteiger partial charge in [0.15, 0.2) is 13.2 Å². The van der Waals surface area contributed by atoms with Crippen molar-refractivity contribution in [3.05, 3.63) is 76.7 Å². The molecule has 0 heterocycles. The van der Waals surface area contributed by atoms with Gasteiger partial charge in [0, 0.05) is 0 Å². The molecule has 0 N–H and O–H groups in total. The highest BCUT2D eigenvalue weighted by Crippen LogP contribution is 2.06. The van der Waals surface area contributed by atoms with E-state index in [0.717, 1.165) is 38.5 Å². The lowest BCUT2D eigenvalue weighted by molar-refractivity contribution is -0.981. The second kappa shape index (κ2) is 11.2. The predicted molar refractivity (Wildman–Crippen MR) is 94.3 cm³/mol. The molecule has 0 aliphatic heterocycles. The molecule has 2 aromatic rings. The predicted octanol–water partition coefficient (Wildman–Crippen LogP) is 4.67. The minimum atomic E-state index is 0.255. The van der Waals surface area contributed by atoms with Crippen LogP contribution in [0.5, 0.6) is 0 Å². The van der Waals surface area contributed by atoms with Crippen LogP contribution in [0.15, 0.2) is 60.7 Å². The highest BCUT2D eigenvalue weighted by molar-refractivity contribution is 5.15. The lowest BCUT2D eigenvalue weighted by Gasteiger charge is -2.00. The van der Waals surface area contributed by atoms with E-state index in [2.05, 4.69) is 24.3 Å². The van der Waals surface area contributed by atoms with E-state index in [-0.39, 0.29) is 5.09 Å². The molecule has 0 fully saturated rings. The van der Waals surface area contributed by atoms with Gasteiger partial charge in [-0.05, 0) is 49.7 Å². The molecule has 2 rings (SSSR count). The van der Waals surface area contributed by atoms with Crippen LogP contribution in [0.25, 0.3) is 0 Å². The third kappa shape index (κ3) is 7.77. The first-order valence-corrected chi connectivity index (χ1v) is 8.65. The number of hydrogen-bond acceptors (Lipinski definition) is 3. The Balaban J connectivity index is 1.42. The summed E-state index contributed by atoms with van der Waals surface area (Å²) in [6.07, 6.45) is 5.67. The van der Waals surface area contributed by atoms with Gasteiger partial charge in [-0.2, -0.15) is 9.68 Å². The van der Waals surface area contributed by atoms with Crippen molar-refractivity contribution in [2.45, 2.75) is 38.5 Å². The molecule has 0 saturated carbocycles. The van der Waals surface area contributed by atoms with Crippen molar-refractivity contribution >= 4 is 0 Å². The van der Waals surface area contributed by atoms with Crippen LogP contribution in [-0.4, -0.2) is 18.3 Å². The van der Waals surface area contributed by atoms with Crippen LogP contribution in [0.3, 0.4) is 0 Å². The monoisotopic (exact) mass is 328 g/mol. The maximum absolute atomic E-state index is 11.4. The van der Waals surface area contributed by atoms with Gasteiger partial charge in [-0.15, -0.1) is 0 Å². The standard InChI is InChI=1S/C20H26NO3/c22-21(23-17-9-7-15-19-11-3-1-4-12-19)24-18-10-8-16-20-13-5-2-6-14-20/h1-6,11-14H,7-10,15-18H2/q+1. The molecular formula is C20H26NO3+. The summed E-state index contributed by atoms with van der Waals surface area (Å²) in [5.41, 5.74) is 2.62. The zero-order valence-electron chi connectivity index (χ0n) is 14.1. The number of benzene rings is 2. The average molecular weight is 328 g/mol. The number of rotatable bonds is 12. The molecule has 24 heavy (non-hydrogen) atoms. The summed E-state index contributed by atoms with van der Waals surface area (Å²) in [6.45, 7) is 0.778. The van der Waals surface area contributed by atoms with Crippen molar-refractivity contribution < 1.29 is 14.8 Å². The minimum Gasteiger partial charge on any atom is -0.187 e. The maximum Gasteiger partial charge on any atom is 0.477 e. The summed E-state index contributed by atoms with van der Waals surface area (Å²) >= 11 is 0. The molecule has 0 spiro atoms. The fourth-order valence-corrected chi connectivity index (χ4v) is 2.47.